The molecule has 0 radical (unpaired) electrons. The second-order valence-corrected chi connectivity index (χ2v) is 7.32. The van der Waals surface area contributed by atoms with E-state index in [0.717, 1.165) is 17.0 Å². The van der Waals surface area contributed by atoms with E-state index in [-0.39, 0.29) is 12.1 Å². The number of hydrogen-bond donors (Lipinski definition) is 1. The summed E-state index contributed by atoms with van der Waals surface area (Å²) < 4.78 is 17.0. The lowest BCUT2D eigenvalue weighted by atomic mass is 9.97. The highest BCUT2D eigenvalue weighted by Gasteiger charge is 2.42. The number of oxazole rings is 1. The van der Waals surface area contributed by atoms with E-state index < -0.39 is 0 Å². The lowest BCUT2D eigenvalue weighted by Gasteiger charge is -2.43. The van der Waals surface area contributed by atoms with Gasteiger partial charge in [0.1, 0.15) is 5.69 Å². The Morgan fingerprint density at radius 2 is 2.23 bits per heavy atom. The molecule has 0 saturated carbocycles. The molecule has 2 atom stereocenters. The third kappa shape index (κ3) is 2.43. The lowest BCUT2D eigenvalue weighted by Crippen LogP contribution is -2.51. The molecule has 0 aliphatic carbocycles. The Hall–Kier alpha value is -2.65. The van der Waals surface area contributed by atoms with Gasteiger partial charge in [-0.05, 0) is 6.07 Å². The number of aromatic nitrogens is 3. The number of fused-ring (bicyclic) bond motifs is 4. The maximum atomic E-state index is 6.06. The largest absolute Gasteiger partial charge is 0.481 e. The number of ether oxygens (including phenoxy) is 2. The molecule has 0 aromatic carbocycles. The molecule has 3 aromatic rings. The fourth-order valence-electron chi connectivity index (χ4n) is 3.56. The van der Waals surface area contributed by atoms with E-state index in [2.05, 4.69) is 19.9 Å². The van der Waals surface area contributed by atoms with E-state index in [9.17, 15) is 0 Å². The Bertz CT molecular complexity index is 956. The predicted molar refractivity (Wildman–Crippen MR) is 96.3 cm³/mol. The number of pyridine rings is 1. The van der Waals surface area contributed by atoms with Crippen molar-refractivity contribution in [1.29, 1.82) is 0 Å². The molecule has 2 aliphatic heterocycles. The van der Waals surface area contributed by atoms with Crippen LogP contribution in [0.4, 0.5) is 11.1 Å². The molecule has 9 heteroatoms. The number of rotatable bonds is 3. The number of morpholine rings is 1. The van der Waals surface area contributed by atoms with E-state index in [4.69, 9.17) is 19.6 Å². The fourth-order valence-corrected chi connectivity index (χ4v) is 4.51. The summed E-state index contributed by atoms with van der Waals surface area (Å²) in [7, 11) is 1.59. The summed E-state index contributed by atoms with van der Waals surface area (Å²) in [5.74, 6) is 1.14. The third-order valence-corrected chi connectivity index (χ3v) is 5.72. The summed E-state index contributed by atoms with van der Waals surface area (Å²) in [4.78, 5) is 16.7. The Labute approximate surface area is 153 Å². The molecule has 5 heterocycles. The van der Waals surface area contributed by atoms with Gasteiger partial charge in [-0.1, -0.05) is 17.4 Å². The van der Waals surface area contributed by atoms with E-state index in [1.54, 1.807) is 19.4 Å². The summed E-state index contributed by atoms with van der Waals surface area (Å²) in [6.07, 6.45) is 2.47. The average molecular weight is 371 g/mol. The Morgan fingerprint density at radius 1 is 1.31 bits per heavy atom. The highest BCUT2D eigenvalue weighted by atomic mass is 32.1. The van der Waals surface area contributed by atoms with Gasteiger partial charge in [0.05, 0.1) is 49.2 Å². The zero-order chi connectivity index (χ0) is 17.7. The van der Waals surface area contributed by atoms with Crippen LogP contribution in [0.3, 0.4) is 0 Å². The summed E-state index contributed by atoms with van der Waals surface area (Å²) in [6.45, 7) is 1.18. The van der Waals surface area contributed by atoms with Crippen molar-refractivity contribution in [3.8, 4) is 17.3 Å². The molecule has 5 rings (SSSR count). The molecule has 2 bridgehead atoms. The number of hydrogen-bond acceptors (Lipinski definition) is 9. The number of thiazole rings is 1. The first kappa shape index (κ1) is 15.6. The van der Waals surface area contributed by atoms with Crippen LogP contribution in [0.5, 0.6) is 5.88 Å². The SMILES string of the molecule is COc1cccc(-c2cnc(N3[C@@H]4COC[C@H]3c3sc(N)nc3C4)o2)n1. The zero-order valence-corrected chi connectivity index (χ0v) is 14.9. The maximum Gasteiger partial charge on any atom is 0.298 e. The Balaban J connectivity index is 1.51. The molecule has 3 aromatic heterocycles. The highest BCUT2D eigenvalue weighted by Crippen LogP contribution is 2.43. The number of nitrogens with two attached hydrogens (primary N) is 1. The van der Waals surface area contributed by atoms with Crippen LogP contribution in [0.1, 0.15) is 16.6 Å². The van der Waals surface area contributed by atoms with Gasteiger partial charge in [-0.2, -0.15) is 0 Å². The topological polar surface area (TPSA) is 99.5 Å². The van der Waals surface area contributed by atoms with Gasteiger partial charge in [0.15, 0.2) is 10.9 Å². The first-order valence-corrected chi connectivity index (χ1v) is 9.13. The minimum Gasteiger partial charge on any atom is -0.481 e. The van der Waals surface area contributed by atoms with Gasteiger partial charge in [0.25, 0.3) is 6.01 Å². The second kappa shape index (κ2) is 5.96. The summed E-state index contributed by atoms with van der Waals surface area (Å²) in [6, 6.07) is 6.27. The highest BCUT2D eigenvalue weighted by molar-refractivity contribution is 7.15. The molecule has 26 heavy (non-hydrogen) atoms. The van der Waals surface area contributed by atoms with Crippen LogP contribution in [0.25, 0.3) is 11.5 Å². The van der Waals surface area contributed by atoms with Crippen molar-refractivity contribution < 1.29 is 13.9 Å². The van der Waals surface area contributed by atoms with Gasteiger partial charge in [-0.25, -0.2) is 15.0 Å². The van der Waals surface area contributed by atoms with Gasteiger partial charge in [-0.3, -0.25) is 0 Å². The van der Waals surface area contributed by atoms with Crippen LogP contribution in [0.15, 0.2) is 28.8 Å². The van der Waals surface area contributed by atoms with Crippen molar-refractivity contribution in [2.45, 2.75) is 18.5 Å². The van der Waals surface area contributed by atoms with E-state index in [1.165, 1.54) is 11.3 Å². The Kier molecular flexibility index (Phi) is 3.57. The Morgan fingerprint density at radius 3 is 3.12 bits per heavy atom. The molecular formula is C17H17N5O3S. The van der Waals surface area contributed by atoms with Crippen molar-refractivity contribution in [3.63, 3.8) is 0 Å². The van der Waals surface area contributed by atoms with Crippen molar-refractivity contribution in [1.82, 2.24) is 15.0 Å². The zero-order valence-electron chi connectivity index (χ0n) is 14.1. The summed E-state index contributed by atoms with van der Waals surface area (Å²) in [5, 5.41) is 0.594. The molecular weight excluding hydrogens is 354 g/mol. The standard InChI is InChI=1S/C17H17N5O3S/c1-23-14-4-2-3-10(20-14)13-6-19-17(25-13)22-9-5-11-15(26-16(18)21-11)12(22)8-24-7-9/h2-4,6,9,12H,5,7-8H2,1H3,(H2,18,21)/t9-,12-/m0/s1. The minimum atomic E-state index is 0.0251. The van der Waals surface area contributed by atoms with E-state index in [0.29, 0.717) is 41.7 Å². The first-order chi connectivity index (χ1) is 12.7. The third-order valence-electron chi connectivity index (χ3n) is 4.69. The molecule has 134 valence electrons. The van der Waals surface area contributed by atoms with Gasteiger partial charge in [-0.15, -0.1) is 0 Å². The molecule has 2 N–H and O–H groups in total. The van der Waals surface area contributed by atoms with Crippen LogP contribution in [0, 0.1) is 0 Å². The van der Waals surface area contributed by atoms with Crippen LogP contribution >= 0.6 is 11.3 Å². The monoisotopic (exact) mass is 371 g/mol. The van der Waals surface area contributed by atoms with Gasteiger partial charge in [0.2, 0.25) is 5.88 Å². The average Bonchev–Trinajstić information content (AvgIpc) is 3.28. The molecule has 1 saturated heterocycles. The number of nitrogen functional groups attached to an aromatic ring is 1. The van der Waals surface area contributed by atoms with Crippen molar-refractivity contribution >= 4 is 22.5 Å². The number of nitrogens with zero attached hydrogens (tertiary/aromatic N) is 4. The van der Waals surface area contributed by atoms with E-state index in [1.807, 2.05) is 12.1 Å². The molecule has 8 nitrogen and oxygen atoms in total. The minimum absolute atomic E-state index is 0.0251. The van der Waals surface area contributed by atoms with Crippen molar-refractivity contribution in [2.75, 3.05) is 31.0 Å². The molecule has 2 aliphatic rings. The van der Waals surface area contributed by atoms with Crippen LogP contribution in [0.2, 0.25) is 0 Å². The van der Waals surface area contributed by atoms with Crippen LogP contribution in [-0.2, 0) is 11.2 Å². The number of anilines is 2. The van der Waals surface area contributed by atoms with Crippen molar-refractivity contribution in [2.24, 2.45) is 0 Å². The quantitative estimate of drug-likeness (QED) is 0.749. The second-order valence-electron chi connectivity index (χ2n) is 6.25. The molecule has 1 fully saturated rings. The number of methoxy groups -OCH3 is 1. The fraction of sp³-hybridized carbons (Fsp3) is 0.353. The maximum absolute atomic E-state index is 6.06. The summed E-state index contributed by atoms with van der Waals surface area (Å²) >= 11 is 1.51. The molecule has 0 amide bonds. The van der Waals surface area contributed by atoms with E-state index >= 15 is 0 Å². The lowest BCUT2D eigenvalue weighted by molar-refractivity contribution is 0.0578. The van der Waals surface area contributed by atoms with Gasteiger partial charge < -0.3 is 24.5 Å². The molecule has 0 spiro atoms. The van der Waals surface area contributed by atoms with Gasteiger partial charge in [0, 0.05) is 12.5 Å². The molecule has 0 unspecified atom stereocenters. The first-order valence-electron chi connectivity index (χ1n) is 8.31. The predicted octanol–water partition coefficient (Wildman–Crippen LogP) is 2.29. The normalized spacial score (nSPS) is 21.5. The summed E-state index contributed by atoms with van der Waals surface area (Å²) in [5.41, 5.74) is 7.68. The van der Waals surface area contributed by atoms with Crippen LogP contribution < -0.4 is 15.4 Å². The smallest absolute Gasteiger partial charge is 0.298 e. The van der Waals surface area contributed by atoms with Crippen molar-refractivity contribution in [3.05, 3.63) is 35.0 Å². The van der Waals surface area contributed by atoms with Crippen LogP contribution in [-0.4, -0.2) is 41.3 Å². The van der Waals surface area contributed by atoms with Gasteiger partial charge >= 0.3 is 0 Å².